The van der Waals surface area contributed by atoms with Crippen molar-refractivity contribution in [1.82, 2.24) is 0 Å². The molecule has 0 saturated heterocycles. The van der Waals surface area contributed by atoms with Gasteiger partial charge in [-0.3, -0.25) is 4.79 Å². The molecule has 2 aromatic rings. The minimum absolute atomic E-state index is 0.448. The van der Waals surface area contributed by atoms with Gasteiger partial charge in [0.25, 0.3) is 0 Å². The summed E-state index contributed by atoms with van der Waals surface area (Å²) < 4.78 is 0. The van der Waals surface area contributed by atoms with Crippen LogP contribution in [0.4, 0.5) is 0 Å². The summed E-state index contributed by atoms with van der Waals surface area (Å²) >= 11 is 1.70. The summed E-state index contributed by atoms with van der Waals surface area (Å²) in [6.45, 7) is 1.66. The average molecular weight is 314 g/mol. The Hall–Kier alpha value is -2.07. The minimum atomic E-state index is -1.35. The van der Waals surface area contributed by atoms with Crippen molar-refractivity contribution >= 4 is 23.5 Å². The summed E-state index contributed by atoms with van der Waals surface area (Å²) in [6, 6.07) is 18.3. The SMILES string of the molecule is C[C@H](CCc1ccc(Sc2ccccc2)cc1)C(=O)C(=O)O. The van der Waals surface area contributed by atoms with Gasteiger partial charge in [0.15, 0.2) is 0 Å². The fourth-order valence-corrected chi connectivity index (χ4v) is 2.91. The highest BCUT2D eigenvalue weighted by atomic mass is 32.2. The van der Waals surface area contributed by atoms with Crippen molar-refractivity contribution in [1.29, 1.82) is 0 Å². The lowest BCUT2D eigenvalue weighted by molar-refractivity contribution is -0.150. The molecule has 0 aromatic heterocycles. The lowest BCUT2D eigenvalue weighted by Crippen LogP contribution is -2.21. The van der Waals surface area contributed by atoms with Crippen LogP contribution >= 0.6 is 11.8 Å². The Balaban J connectivity index is 1.89. The van der Waals surface area contributed by atoms with Crippen LogP contribution in [0.2, 0.25) is 0 Å². The van der Waals surface area contributed by atoms with Crippen LogP contribution in [-0.4, -0.2) is 16.9 Å². The maximum Gasteiger partial charge on any atom is 0.372 e. The maximum absolute atomic E-state index is 11.3. The number of carbonyl (C=O) groups excluding carboxylic acids is 1. The molecule has 0 amide bonds. The number of aryl methyl sites for hydroxylation is 1. The topological polar surface area (TPSA) is 54.4 Å². The zero-order valence-electron chi connectivity index (χ0n) is 12.4. The molecule has 0 spiro atoms. The third kappa shape index (κ3) is 4.74. The quantitative estimate of drug-likeness (QED) is 0.783. The second kappa shape index (κ2) is 7.80. The number of hydrogen-bond donors (Lipinski definition) is 1. The molecule has 0 aliphatic carbocycles. The van der Waals surface area contributed by atoms with Crippen molar-refractivity contribution in [2.45, 2.75) is 29.6 Å². The number of rotatable bonds is 7. The zero-order chi connectivity index (χ0) is 15.9. The number of hydrogen-bond acceptors (Lipinski definition) is 3. The van der Waals surface area contributed by atoms with E-state index in [-0.39, 0.29) is 0 Å². The molecular formula is C18H18O3S. The van der Waals surface area contributed by atoms with Crippen molar-refractivity contribution in [3.63, 3.8) is 0 Å². The van der Waals surface area contributed by atoms with Gasteiger partial charge in [-0.05, 0) is 42.7 Å². The molecule has 2 aromatic carbocycles. The standard InChI is InChI=1S/C18H18O3S/c1-13(17(19)18(20)21)7-8-14-9-11-16(12-10-14)22-15-5-3-2-4-6-15/h2-6,9-13H,7-8H2,1H3,(H,20,21)/t13-/m1/s1. The second-order valence-corrected chi connectivity index (χ2v) is 6.32. The molecule has 0 aliphatic rings. The molecule has 0 saturated carbocycles. The fraction of sp³-hybridized carbons (Fsp3) is 0.222. The van der Waals surface area contributed by atoms with E-state index in [1.165, 1.54) is 4.90 Å². The first-order chi connectivity index (χ1) is 10.6. The van der Waals surface area contributed by atoms with E-state index in [4.69, 9.17) is 5.11 Å². The first-order valence-corrected chi connectivity index (χ1v) is 7.97. The maximum atomic E-state index is 11.3. The van der Waals surface area contributed by atoms with Gasteiger partial charge >= 0.3 is 5.97 Å². The van der Waals surface area contributed by atoms with Gasteiger partial charge in [0.05, 0.1) is 0 Å². The van der Waals surface area contributed by atoms with Crippen molar-refractivity contribution in [3.8, 4) is 0 Å². The van der Waals surface area contributed by atoms with E-state index in [1.807, 2.05) is 30.3 Å². The summed E-state index contributed by atoms with van der Waals surface area (Å²) in [7, 11) is 0. The van der Waals surface area contributed by atoms with Crippen molar-refractivity contribution in [2.24, 2.45) is 5.92 Å². The molecule has 0 fully saturated rings. The van der Waals surface area contributed by atoms with Gasteiger partial charge in [0.1, 0.15) is 0 Å². The lowest BCUT2D eigenvalue weighted by atomic mass is 9.97. The average Bonchev–Trinajstić information content (AvgIpc) is 2.54. The molecule has 0 bridgehead atoms. The highest BCUT2D eigenvalue weighted by Crippen LogP contribution is 2.27. The molecule has 0 radical (unpaired) electrons. The molecule has 0 aliphatic heterocycles. The number of ketones is 1. The predicted molar refractivity (Wildman–Crippen MR) is 87.1 cm³/mol. The summed E-state index contributed by atoms with van der Waals surface area (Å²) in [4.78, 5) is 24.3. The molecule has 22 heavy (non-hydrogen) atoms. The summed E-state index contributed by atoms with van der Waals surface area (Å²) in [5.74, 6) is -2.51. The monoisotopic (exact) mass is 314 g/mol. The lowest BCUT2D eigenvalue weighted by Gasteiger charge is -2.08. The van der Waals surface area contributed by atoms with E-state index in [1.54, 1.807) is 18.7 Å². The Bertz CT molecular complexity index is 635. The normalized spacial score (nSPS) is 11.9. The first kappa shape index (κ1) is 16.3. The molecule has 0 heterocycles. The van der Waals surface area contributed by atoms with E-state index in [2.05, 4.69) is 24.3 Å². The molecule has 1 N–H and O–H groups in total. The third-order valence-corrected chi connectivity index (χ3v) is 4.44. The molecule has 4 heteroatoms. The van der Waals surface area contributed by atoms with Crippen molar-refractivity contribution < 1.29 is 14.7 Å². The summed E-state index contributed by atoms with van der Waals surface area (Å²) in [6.07, 6.45) is 1.26. The Morgan fingerprint density at radius 2 is 1.59 bits per heavy atom. The summed E-state index contributed by atoms with van der Waals surface area (Å²) in [5.41, 5.74) is 1.11. The Morgan fingerprint density at radius 3 is 2.18 bits per heavy atom. The number of carbonyl (C=O) groups is 2. The van der Waals surface area contributed by atoms with Crippen LogP contribution in [0, 0.1) is 5.92 Å². The van der Waals surface area contributed by atoms with Crippen molar-refractivity contribution in [2.75, 3.05) is 0 Å². The van der Waals surface area contributed by atoms with Crippen LogP contribution in [0.25, 0.3) is 0 Å². The molecule has 3 nitrogen and oxygen atoms in total. The van der Waals surface area contributed by atoms with Gasteiger partial charge in [-0.1, -0.05) is 49.0 Å². The molecule has 114 valence electrons. The van der Waals surface area contributed by atoms with E-state index in [9.17, 15) is 9.59 Å². The van der Waals surface area contributed by atoms with Crippen LogP contribution in [0.1, 0.15) is 18.9 Å². The van der Waals surface area contributed by atoms with Gasteiger partial charge in [0.2, 0.25) is 5.78 Å². The molecule has 1 atom stereocenters. The predicted octanol–water partition coefficient (Wildman–Crippen LogP) is 4.06. The Morgan fingerprint density at radius 1 is 1.00 bits per heavy atom. The molecule has 0 unspecified atom stereocenters. The summed E-state index contributed by atoms with van der Waals surface area (Å²) in [5, 5.41) is 8.67. The van der Waals surface area contributed by atoms with Gasteiger partial charge in [-0.25, -0.2) is 4.79 Å². The zero-order valence-corrected chi connectivity index (χ0v) is 13.2. The Kier molecular flexibility index (Phi) is 5.78. The van der Waals surface area contributed by atoms with Gasteiger partial charge < -0.3 is 5.11 Å². The van der Waals surface area contributed by atoms with Gasteiger partial charge in [-0.15, -0.1) is 0 Å². The highest BCUT2D eigenvalue weighted by molar-refractivity contribution is 7.99. The minimum Gasteiger partial charge on any atom is -0.475 e. The second-order valence-electron chi connectivity index (χ2n) is 5.17. The highest BCUT2D eigenvalue weighted by Gasteiger charge is 2.19. The number of aliphatic carboxylic acids is 1. The Labute approximate surface area is 134 Å². The molecule has 2 rings (SSSR count). The number of benzene rings is 2. The first-order valence-electron chi connectivity index (χ1n) is 7.15. The number of carboxylic acid groups (broad SMARTS) is 1. The largest absolute Gasteiger partial charge is 0.475 e. The van der Waals surface area contributed by atoms with Gasteiger partial charge in [0, 0.05) is 15.7 Å². The van der Waals surface area contributed by atoms with E-state index >= 15 is 0 Å². The number of Topliss-reactive ketones (excluding diaryl/α,β-unsaturated/α-hetero) is 1. The third-order valence-electron chi connectivity index (χ3n) is 3.43. The van der Waals surface area contributed by atoms with E-state index in [0.29, 0.717) is 12.8 Å². The molecular weight excluding hydrogens is 296 g/mol. The smallest absolute Gasteiger partial charge is 0.372 e. The van der Waals surface area contributed by atoms with Crippen LogP contribution in [0.15, 0.2) is 64.4 Å². The fourth-order valence-electron chi connectivity index (χ4n) is 2.07. The van der Waals surface area contributed by atoms with E-state index < -0.39 is 17.7 Å². The van der Waals surface area contributed by atoms with Crippen molar-refractivity contribution in [3.05, 3.63) is 60.2 Å². The van der Waals surface area contributed by atoms with Crippen LogP contribution < -0.4 is 0 Å². The van der Waals surface area contributed by atoms with Crippen LogP contribution in [-0.2, 0) is 16.0 Å². The van der Waals surface area contributed by atoms with E-state index in [0.717, 1.165) is 10.5 Å². The van der Waals surface area contributed by atoms with Crippen LogP contribution in [0.3, 0.4) is 0 Å². The van der Waals surface area contributed by atoms with Crippen LogP contribution in [0.5, 0.6) is 0 Å². The van der Waals surface area contributed by atoms with Gasteiger partial charge in [-0.2, -0.15) is 0 Å². The number of carboxylic acids is 1.